The minimum atomic E-state index is -0.703. The first kappa shape index (κ1) is 11.9. The molecule has 0 radical (unpaired) electrons. The Morgan fingerprint density at radius 2 is 2.31 bits per heavy atom. The Balaban J connectivity index is 1.87. The van der Waals surface area contributed by atoms with Crippen molar-refractivity contribution in [2.24, 2.45) is 11.3 Å². The quantitative estimate of drug-likeness (QED) is 0.767. The van der Waals surface area contributed by atoms with Gasteiger partial charge in [-0.1, -0.05) is 6.42 Å². The Labute approximate surface area is 96.6 Å². The second-order valence-corrected chi connectivity index (χ2v) is 5.38. The first-order chi connectivity index (χ1) is 7.62. The van der Waals surface area contributed by atoms with Gasteiger partial charge in [-0.3, -0.25) is 4.79 Å². The second-order valence-electron chi connectivity index (χ2n) is 5.38. The van der Waals surface area contributed by atoms with E-state index >= 15 is 0 Å². The van der Waals surface area contributed by atoms with E-state index in [4.69, 9.17) is 4.74 Å². The maximum Gasteiger partial charge on any atom is 0.313 e. The van der Waals surface area contributed by atoms with Crippen LogP contribution in [0.5, 0.6) is 0 Å². The van der Waals surface area contributed by atoms with E-state index in [1.165, 1.54) is 19.3 Å². The molecule has 16 heavy (non-hydrogen) atoms. The lowest BCUT2D eigenvalue weighted by molar-refractivity contribution is -0.150. The van der Waals surface area contributed by atoms with Gasteiger partial charge in [-0.2, -0.15) is 0 Å². The van der Waals surface area contributed by atoms with Gasteiger partial charge >= 0.3 is 5.97 Å². The molecule has 92 valence electrons. The van der Waals surface area contributed by atoms with Gasteiger partial charge in [0.1, 0.15) is 5.41 Å². The fourth-order valence-electron chi connectivity index (χ4n) is 2.67. The lowest BCUT2D eigenvalue weighted by Crippen LogP contribution is -2.44. The van der Waals surface area contributed by atoms with Crippen LogP contribution in [0.3, 0.4) is 0 Å². The molecule has 1 unspecified atom stereocenters. The predicted octanol–water partition coefficient (Wildman–Crippen LogP) is 1.21. The summed E-state index contributed by atoms with van der Waals surface area (Å²) in [7, 11) is 2.03. The normalized spacial score (nSPS) is 30.6. The van der Waals surface area contributed by atoms with E-state index in [2.05, 4.69) is 4.90 Å². The lowest BCUT2D eigenvalue weighted by atomic mass is 9.83. The van der Waals surface area contributed by atoms with Crippen molar-refractivity contribution in [2.75, 3.05) is 33.4 Å². The van der Waals surface area contributed by atoms with Gasteiger partial charge in [0.25, 0.3) is 0 Å². The highest BCUT2D eigenvalue weighted by atomic mass is 16.5. The van der Waals surface area contributed by atoms with Crippen LogP contribution >= 0.6 is 0 Å². The standard InChI is InChI=1S/C12H21NO3/c1-13(7-10-3-2-4-10)8-12(11(14)15)5-6-16-9-12/h10H,2-9H2,1H3,(H,14,15). The molecule has 0 aromatic carbocycles. The molecule has 0 aromatic heterocycles. The number of carboxylic acid groups (broad SMARTS) is 1. The Hall–Kier alpha value is -0.610. The molecule has 0 aromatic rings. The fourth-order valence-corrected chi connectivity index (χ4v) is 2.67. The maximum atomic E-state index is 11.3. The van der Waals surface area contributed by atoms with Crippen molar-refractivity contribution in [2.45, 2.75) is 25.7 Å². The average Bonchev–Trinajstić information content (AvgIpc) is 2.61. The van der Waals surface area contributed by atoms with Crippen LogP contribution in [0.25, 0.3) is 0 Å². The third kappa shape index (κ3) is 2.38. The van der Waals surface area contributed by atoms with E-state index in [-0.39, 0.29) is 0 Å². The summed E-state index contributed by atoms with van der Waals surface area (Å²) in [5, 5.41) is 9.31. The number of hydrogen-bond donors (Lipinski definition) is 1. The third-order valence-electron chi connectivity index (χ3n) is 3.92. The summed E-state index contributed by atoms with van der Waals surface area (Å²) in [5.74, 6) is 0.0867. The Bertz CT molecular complexity index is 257. The van der Waals surface area contributed by atoms with Gasteiger partial charge < -0.3 is 14.7 Å². The van der Waals surface area contributed by atoms with Gasteiger partial charge in [0.15, 0.2) is 0 Å². The molecule has 2 aliphatic rings. The summed E-state index contributed by atoms with van der Waals surface area (Å²) in [6, 6.07) is 0. The van der Waals surface area contributed by atoms with E-state index in [0.29, 0.717) is 26.2 Å². The number of carboxylic acids is 1. The van der Waals surface area contributed by atoms with Gasteiger partial charge in [0.2, 0.25) is 0 Å². The minimum Gasteiger partial charge on any atom is -0.481 e. The van der Waals surface area contributed by atoms with Crippen LogP contribution in [-0.2, 0) is 9.53 Å². The predicted molar refractivity (Wildman–Crippen MR) is 60.3 cm³/mol. The summed E-state index contributed by atoms with van der Waals surface area (Å²) in [6.45, 7) is 2.62. The summed E-state index contributed by atoms with van der Waals surface area (Å²) in [5.41, 5.74) is -0.654. The van der Waals surface area contributed by atoms with Crippen LogP contribution in [0.1, 0.15) is 25.7 Å². The molecule has 1 aliphatic carbocycles. The molecule has 1 atom stereocenters. The maximum absolute atomic E-state index is 11.3. The van der Waals surface area contributed by atoms with E-state index in [0.717, 1.165) is 12.5 Å². The molecule has 4 nitrogen and oxygen atoms in total. The lowest BCUT2D eigenvalue weighted by Gasteiger charge is -2.34. The summed E-state index contributed by atoms with van der Waals surface area (Å²) >= 11 is 0. The zero-order valence-electron chi connectivity index (χ0n) is 9.95. The Morgan fingerprint density at radius 3 is 2.75 bits per heavy atom. The van der Waals surface area contributed by atoms with Crippen molar-refractivity contribution in [3.05, 3.63) is 0 Å². The second kappa shape index (κ2) is 4.72. The Morgan fingerprint density at radius 1 is 1.56 bits per heavy atom. The van der Waals surface area contributed by atoms with Gasteiger partial charge in [-0.25, -0.2) is 0 Å². The Kier molecular flexibility index (Phi) is 3.50. The molecule has 4 heteroatoms. The first-order valence-corrected chi connectivity index (χ1v) is 6.12. The largest absolute Gasteiger partial charge is 0.481 e. The van der Waals surface area contributed by atoms with Crippen molar-refractivity contribution < 1.29 is 14.6 Å². The molecule has 1 saturated carbocycles. The molecular weight excluding hydrogens is 206 g/mol. The van der Waals surface area contributed by atoms with Crippen molar-refractivity contribution in [1.82, 2.24) is 4.90 Å². The van der Waals surface area contributed by atoms with Crippen LogP contribution in [0.2, 0.25) is 0 Å². The van der Waals surface area contributed by atoms with Crippen molar-refractivity contribution in [3.63, 3.8) is 0 Å². The zero-order chi connectivity index (χ0) is 11.6. The number of carbonyl (C=O) groups is 1. The fraction of sp³-hybridized carbons (Fsp3) is 0.917. The van der Waals surface area contributed by atoms with Crippen LogP contribution in [0, 0.1) is 11.3 Å². The van der Waals surface area contributed by atoms with Crippen molar-refractivity contribution >= 4 is 5.97 Å². The molecule has 1 saturated heterocycles. The van der Waals surface area contributed by atoms with E-state index in [1.54, 1.807) is 0 Å². The van der Waals surface area contributed by atoms with E-state index in [1.807, 2.05) is 7.05 Å². The van der Waals surface area contributed by atoms with E-state index in [9.17, 15) is 9.90 Å². The molecule has 1 heterocycles. The summed E-state index contributed by atoms with van der Waals surface area (Å²) < 4.78 is 5.26. The van der Waals surface area contributed by atoms with Crippen molar-refractivity contribution in [3.8, 4) is 0 Å². The average molecular weight is 227 g/mol. The van der Waals surface area contributed by atoms with Gasteiger partial charge in [0.05, 0.1) is 6.61 Å². The van der Waals surface area contributed by atoms with Gasteiger partial charge in [0, 0.05) is 19.7 Å². The third-order valence-corrected chi connectivity index (χ3v) is 3.92. The monoisotopic (exact) mass is 227 g/mol. The highest BCUT2D eigenvalue weighted by Gasteiger charge is 2.43. The number of rotatable bonds is 5. The van der Waals surface area contributed by atoms with Gasteiger partial charge in [-0.05, 0) is 32.2 Å². The summed E-state index contributed by atoms with van der Waals surface area (Å²) in [4.78, 5) is 13.5. The molecule has 0 amide bonds. The van der Waals surface area contributed by atoms with Crippen LogP contribution in [-0.4, -0.2) is 49.3 Å². The first-order valence-electron chi connectivity index (χ1n) is 6.12. The smallest absolute Gasteiger partial charge is 0.313 e. The van der Waals surface area contributed by atoms with Gasteiger partial charge in [-0.15, -0.1) is 0 Å². The molecule has 0 spiro atoms. The summed E-state index contributed by atoms with van der Waals surface area (Å²) in [6.07, 6.45) is 4.60. The molecule has 0 bridgehead atoms. The number of hydrogen-bond acceptors (Lipinski definition) is 3. The number of aliphatic carboxylic acids is 1. The molecule has 1 aliphatic heterocycles. The SMILES string of the molecule is CN(CC1CCC1)CC1(C(=O)O)CCOC1. The zero-order valence-corrected chi connectivity index (χ0v) is 9.95. The van der Waals surface area contributed by atoms with Crippen LogP contribution in [0.4, 0.5) is 0 Å². The van der Waals surface area contributed by atoms with Crippen LogP contribution < -0.4 is 0 Å². The molecule has 2 fully saturated rings. The van der Waals surface area contributed by atoms with Crippen molar-refractivity contribution in [1.29, 1.82) is 0 Å². The highest BCUT2D eigenvalue weighted by molar-refractivity contribution is 5.75. The number of ether oxygens (including phenoxy) is 1. The highest BCUT2D eigenvalue weighted by Crippen LogP contribution is 2.32. The molecule has 2 rings (SSSR count). The molecular formula is C12H21NO3. The topological polar surface area (TPSA) is 49.8 Å². The molecule has 1 N–H and O–H groups in total. The number of nitrogens with zero attached hydrogens (tertiary/aromatic N) is 1. The van der Waals surface area contributed by atoms with Crippen LogP contribution in [0.15, 0.2) is 0 Å². The minimum absolute atomic E-state index is 0.372. The van der Waals surface area contributed by atoms with E-state index < -0.39 is 11.4 Å².